The maximum atomic E-state index is 13.0. The second-order valence-corrected chi connectivity index (χ2v) is 8.32. The lowest BCUT2D eigenvalue weighted by Crippen LogP contribution is -2.46. The SMILES string of the molecule is CCC1CCCCN1C(=O)C(C)Sc1nnnn1-c1ccc(C)cc1C. The van der Waals surface area contributed by atoms with Crippen LogP contribution in [-0.2, 0) is 4.79 Å². The molecule has 3 rings (SSSR count). The summed E-state index contributed by atoms with van der Waals surface area (Å²) >= 11 is 1.43. The molecule has 0 bridgehead atoms. The molecule has 0 radical (unpaired) electrons. The van der Waals surface area contributed by atoms with Gasteiger partial charge in [0.2, 0.25) is 11.1 Å². The number of nitrogens with zero attached hydrogens (tertiary/aromatic N) is 5. The molecule has 7 heteroatoms. The van der Waals surface area contributed by atoms with Crippen LogP contribution in [0.25, 0.3) is 5.69 Å². The number of thioether (sulfide) groups is 1. The first kappa shape index (κ1) is 18.9. The topological polar surface area (TPSA) is 63.9 Å². The molecule has 140 valence electrons. The van der Waals surface area contributed by atoms with E-state index in [0.29, 0.717) is 11.2 Å². The van der Waals surface area contributed by atoms with Crippen molar-refractivity contribution in [1.82, 2.24) is 25.1 Å². The van der Waals surface area contributed by atoms with Gasteiger partial charge in [-0.2, -0.15) is 4.68 Å². The van der Waals surface area contributed by atoms with Crippen LogP contribution in [0.3, 0.4) is 0 Å². The summed E-state index contributed by atoms with van der Waals surface area (Å²) in [6, 6.07) is 6.55. The third-order valence-electron chi connectivity index (χ3n) is 5.03. The number of hydrogen-bond acceptors (Lipinski definition) is 5. The first-order valence-corrected chi connectivity index (χ1v) is 10.2. The van der Waals surface area contributed by atoms with E-state index in [1.165, 1.54) is 23.7 Å². The van der Waals surface area contributed by atoms with E-state index in [1.807, 2.05) is 26.0 Å². The number of hydrogen-bond donors (Lipinski definition) is 0. The van der Waals surface area contributed by atoms with Crippen molar-refractivity contribution < 1.29 is 4.79 Å². The number of carbonyl (C=O) groups is 1. The quantitative estimate of drug-likeness (QED) is 0.750. The molecule has 1 aromatic heterocycles. The van der Waals surface area contributed by atoms with E-state index in [0.717, 1.165) is 37.1 Å². The highest BCUT2D eigenvalue weighted by Gasteiger charge is 2.30. The number of piperidine rings is 1. The molecule has 0 N–H and O–H groups in total. The molecule has 26 heavy (non-hydrogen) atoms. The van der Waals surface area contributed by atoms with Crippen molar-refractivity contribution >= 4 is 17.7 Å². The van der Waals surface area contributed by atoms with Gasteiger partial charge in [0.15, 0.2) is 0 Å². The molecule has 1 amide bonds. The zero-order valence-electron chi connectivity index (χ0n) is 16.0. The fourth-order valence-electron chi connectivity index (χ4n) is 3.60. The number of aryl methyl sites for hydroxylation is 2. The van der Waals surface area contributed by atoms with E-state index in [2.05, 4.69) is 40.3 Å². The molecule has 2 aromatic rings. The Morgan fingerprint density at radius 1 is 1.35 bits per heavy atom. The highest BCUT2D eigenvalue weighted by molar-refractivity contribution is 8.00. The van der Waals surface area contributed by atoms with Gasteiger partial charge in [-0.05, 0) is 68.5 Å². The molecular weight excluding hydrogens is 346 g/mol. The Hall–Kier alpha value is -1.89. The van der Waals surface area contributed by atoms with Crippen molar-refractivity contribution in [3.63, 3.8) is 0 Å². The summed E-state index contributed by atoms with van der Waals surface area (Å²) in [6.45, 7) is 9.09. The van der Waals surface area contributed by atoms with Crippen molar-refractivity contribution in [3.8, 4) is 5.69 Å². The molecule has 1 aromatic carbocycles. The maximum absolute atomic E-state index is 13.0. The Morgan fingerprint density at radius 3 is 2.88 bits per heavy atom. The van der Waals surface area contributed by atoms with Crippen LogP contribution in [0, 0.1) is 13.8 Å². The zero-order valence-corrected chi connectivity index (χ0v) is 16.8. The minimum Gasteiger partial charge on any atom is -0.339 e. The third kappa shape index (κ3) is 3.92. The summed E-state index contributed by atoms with van der Waals surface area (Å²) in [4.78, 5) is 15.0. The lowest BCUT2D eigenvalue weighted by Gasteiger charge is -2.36. The molecule has 1 fully saturated rings. The third-order valence-corrected chi connectivity index (χ3v) is 6.05. The number of aromatic nitrogens is 4. The molecule has 2 unspecified atom stereocenters. The van der Waals surface area contributed by atoms with E-state index in [-0.39, 0.29) is 11.2 Å². The van der Waals surface area contributed by atoms with Gasteiger partial charge in [-0.1, -0.05) is 36.4 Å². The number of carbonyl (C=O) groups excluding carboxylic acids is 1. The molecule has 0 spiro atoms. The number of benzene rings is 1. The fraction of sp³-hybridized carbons (Fsp3) is 0.579. The molecule has 1 aliphatic rings. The van der Waals surface area contributed by atoms with E-state index < -0.39 is 0 Å². The van der Waals surface area contributed by atoms with Crippen LogP contribution in [0.4, 0.5) is 0 Å². The van der Waals surface area contributed by atoms with E-state index in [9.17, 15) is 4.79 Å². The van der Waals surface area contributed by atoms with E-state index in [4.69, 9.17) is 0 Å². The minimum absolute atomic E-state index is 0.191. The number of likely N-dealkylation sites (tertiary alicyclic amines) is 1. The van der Waals surface area contributed by atoms with Gasteiger partial charge in [-0.15, -0.1) is 5.10 Å². The Labute approximate surface area is 159 Å². The maximum Gasteiger partial charge on any atom is 0.236 e. The number of tetrazole rings is 1. The average Bonchev–Trinajstić information content (AvgIpc) is 3.08. The fourth-order valence-corrected chi connectivity index (χ4v) is 4.47. The van der Waals surface area contributed by atoms with Gasteiger partial charge in [0.25, 0.3) is 0 Å². The summed E-state index contributed by atoms with van der Waals surface area (Å²) in [5, 5.41) is 12.6. The van der Waals surface area contributed by atoms with Crippen LogP contribution in [-0.4, -0.2) is 48.9 Å². The molecule has 2 heterocycles. The Morgan fingerprint density at radius 2 is 2.15 bits per heavy atom. The number of amides is 1. The first-order chi connectivity index (χ1) is 12.5. The van der Waals surface area contributed by atoms with E-state index in [1.54, 1.807) is 4.68 Å². The molecule has 0 aliphatic carbocycles. The normalized spacial score (nSPS) is 18.8. The van der Waals surface area contributed by atoms with Gasteiger partial charge < -0.3 is 4.90 Å². The van der Waals surface area contributed by atoms with Gasteiger partial charge in [0, 0.05) is 12.6 Å². The van der Waals surface area contributed by atoms with Crippen LogP contribution in [0.5, 0.6) is 0 Å². The van der Waals surface area contributed by atoms with Crippen LogP contribution in [0.15, 0.2) is 23.4 Å². The molecule has 1 aliphatic heterocycles. The predicted octanol–water partition coefficient (Wildman–Crippen LogP) is 3.55. The summed E-state index contributed by atoms with van der Waals surface area (Å²) < 4.78 is 1.73. The Balaban J connectivity index is 1.77. The molecule has 2 atom stereocenters. The van der Waals surface area contributed by atoms with Crippen molar-refractivity contribution in [2.45, 2.75) is 69.8 Å². The smallest absolute Gasteiger partial charge is 0.236 e. The molecule has 1 saturated heterocycles. The standard InChI is InChI=1S/C19H27N5OS/c1-5-16-8-6-7-11-23(16)18(25)15(4)26-19-20-21-22-24(19)17-10-9-13(2)12-14(17)3/h9-10,12,15-16H,5-8,11H2,1-4H3. The average molecular weight is 374 g/mol. The Bertz CT molecular complexity index is 775. The second kappa shape index (κ2) is 8.20. The van der Waals surface area contributed by atoms with Crippen LogP contribution in [0.2, 0.25) is 0 Å². The van der Waals surface area contributed by atoms with Gasteiger partial charge in [0.05, 0.1) is 10.9 Å². The minimum atomic E-state index is -0.211. The van der Waals surface area contributed by atoms with Gasteiger partial charge >= 0.3 is 0 Å². The lowest BCUT2D eigenvalue weighted by molar-refractivity contribution is -0.134. The summed E-state index contributed by atoms with van der Waals surface area (Å²) in [5.41, 5.74) is 3.26. The van der Waals surface area contributed by atoms with Crippen molar-refractivity contribution in [2.24, 2.45) is 0 Å². The Kier molecular flexibility index (Phi) is 5.96. The van der Waals surface area contributed by atoms with Crippen molar-refractivity contribution in [1.29, 1.82) is 0 Å². The van der Waals surface area contributed by atoms with Crippen LogP contribution in [0.1, 0.15) is 50.7 Å². The van der Waals surface area contributed by atoms with Gasteiger partial charge in [-0.25, -0.2) is 0 Å². The highest BCUT2D eigenvalue weighted by Crippen LogP contribution is 2.28. The van der Waals surface area contributed by atoms with Gasteiger partial charge in [0.1, 0.15) is 0 Å². The lowest BCUT2D eigenvalue weighted by atomic mass is 10.00. The zero-order chi connectivity index (χ0) is 18.7. The first-order valence-electron chi connectivity index (χ1n) is 9.34. The summed E-state index contributed by atoms with van der Waals surface area (Å²) in [7, 11) is 0. The second-order valence-electron chi connectivity index (χ2n) is 7.01. The van der Waals surface area contributed by atoms with Crippen molar-refractivity contribution in [3.05, 3.63) is 29.3 Å². The molecular formula is C19H27N5OS. The highest BCUT2D eigenvalue weighted by atomic mass is 32.2. The van der Waals surface area contributed by atoms with Crippen molar-refractivity contribution in [2.75, 3.05) is 6.54 Å². The molecule has 6 nitrogen and oxygen atoms in total. The summed E-state index contributed by atoms with van der Waals surface area (Å²) in [5.74, 6) is 0.191. The van der Waals surface area contributed by atoms with E-state index >= 15 is 0 Å². The predicted molar refractivity (Wildman–Crippen MR) is 104 cm³/mol. The summed E-state index contributed by atoms with van der Waals surface area (Å²) in [6.07, 6.45) is 4.44. The van der Waals surface area contributed by atoms with Gasteiger partial charge in [-0.3, -0.25) is 4.79 Å². The monoisotopic (exact) mass is 373 g/mol. The van der Waals surface area contributed by atoms with Crippen LogP contribution < -0.4 is 0 Å². The number of rotatable bonds is 5. The van der Waals surface area contributed by atoms with Crippen LogP contribution >= 0.6 is 11.8 Å². The molecule has 0 saturated carbocycles. The largest absolute Gasteiger partial charge is 0.339 e.